The number of nitrogens with one attached hydrogen (secondary N) is 1. The quantitative estimate of drug-likeness (QED) is 0.770. The molecular formula is C18H24N4O2. The SMILES string of the molecule is O=C(CCCn1cccn1)N[C@H](Cc1ccccn1)C1CC(O)C1. The Morgan fingerprint density at radius 2 is 2.21 bits per heavy atom. The summed E-state index contributed by atoms with van der Waals surface area (Å²) in [7, 11) is 0. The second-order valence-corrected chi connectivity index (χ2v) is 6.46. The number of rotatable bonds is 8. The van der Waals surface area contributed by atoms with Crippen LogP contribution >= 0.6 is 0 Å². The smallest absolute Gasteiger partial charge is 0.220 e. The zero-order valence-corrected chi connectivity index (χ0v) is 13.7. The van der Waals surface area contributed by atoms with Crippen LogP contribution in [0.25, 0.3) is 0 Å². The minimum absolute atomic E-state index is 0.0421. The summed E-state index contributed by atoms with van der Waals surface area (Å²) >= 11 is 0. The molecule has 6 heteroatoms. The molecule has 0 spiro atoms. The lowest BCUT2D eigenvalue weighted by Crippen LogP contribution is -2.48. The number of hydrogen-bond donors (Lipinski definition) is 2. The molecule has 2 heterocycles. The number of aryl methyl sites for hydroxylation is 1. The van der Waals surface area contributed by atoms with Crippen molar-refractivity contribution in [2.24, 2.45) is 5.92 Å². The zero-order chi connectivity index (χ0) is 16.8. The highest BCUT2D eigenvalue weighted by Crippen LogP contribution is 2.31. The Bertz CT molecular complexity index is 624. The van der Waals surface area contributed by atoms with Crippen LogP contribution < -0.4 is 5.32 Å². The highest BCUT2D eigenvalue weighted by molar-refractivity contribution is 5.76. The molecule has 1 aliphatic rings. The fraction of sp³-hybridized carbons (Fsp3) is 0.500. The molecule has 2 N–H and O–H groups in total. The predicted octanol–water partition coefficient (Wildman–Crippen LogP) is 1.56. The van der Waals surface area contributed by atoms with Crippen molar-refractivity contribution in [1.82, 2.24) is 20.1 Å². The zero-order valence-electron chi connectivity index (χ0n) is 13.7. The fourth-order valence-electron chi connectivity index (χ4n) is 3.15. The molecule has 0 bridgehead atoms. The normalized spacial score (nSPS) is 21.0. The third-order valence-corrected chi connectivity index (χ3v) is 4.57. The first-order valence-corrected chi connectivity index (χ1v) is 8.55. The minimum atomic E-state index is -0.224. The van der Waals surface area contributed by atoms with Gasteiger partial charge in [0, 0.05) is 49.7 Å². The molecule has 2 aromatic heterocycles. The number of pyridine rings is 1. The summed E-state index contributed by atoms with van der Waals surface area (Å²) in [4.78, 5) is 16.6. The standard InChI is InChI=1S/C18H24N4O2/c23-16-11-14(12-16)17(13-15-5-1-2-7-19-15)21-18(24)6-3-9-22-10-4-8-20-22/h1-2,4-5,7-8,10,14,16-17,23H,3,6,9,11-13H2,(H,21,24)/t14?,16?,17-/m1/s1. The Morgan fingerprint density at radius 1 is 1.33 bits per heavy atom. The molecule has 6 nitrogen and oxygen atoms in total. The Kier molecular flexibility index (Phi) is 5.59. The van der Waals surface area contributed by atoms with E-state index in [0.29, 0.717) is 18.8 Å². The first-order chi connectivity index (χ1) is 11.7. The van der Waals surface area contributed by atoms with Gasteiger partial charge in [0.05, 0.1) is 6.10 Å². The molecule has 0 aliphatic heterocycles. The number of hydrogen-bond acceptors (Lipinski definition) is 4. The first kappa shape index (κ1) is 16.6. The van der Waals surface area contributed by atoms with E-state index < -0.39 is 0 Å². The highest BCUT2D eigenvalue weighted by Gasteiger charge is 2.34. The van der Waals surface area contributed by atoms with Crippen LogP contribution in [0.1, 0.15) is 31.4 Å². The maximum atomic E-state index is 12.3. The van der Waals surface area contributed by atoms with Crippen LogP contribution in [0.5, 0.6) is 0 Å². The van der Waals surface area contributed by atoms with Crippen LogP contribution in [-0.4, -0.2) is 37.9 Å². The van der Waals surface area contributed by atoms with Crippen LogP contribution in [0, 0.1) is 5.92 Å². The minimum Gasteiger partial charge on any atom is -0.393 e. The van der Waals surface area contributed by atoms with Crippen molar-refractivity contribution < 1.29 is 9.90 Å². The van der Waals surface area contributed by atoms with Gasteiger partial charge in [0.2, 0.25) is 5.91 Å². The van der Waals surface area contributed by atoms with E-state index in [1.54, 1.807) is 12.4 Å². The summed E-state index contributed by atoms with van der Waals surface area (Å²) in [5, 5.41) is 16.9. The van der Waals surface area contributed by atoms with E-state index in [-0.39, 0.29) is 18.1 Å². The lowest BCUT2D eigenvalue weighted by molar-refractivity contribution is -0.123. The van der Waals surface area contributed by atoms with Gasteiger partial charge in [-0.05, 0) is 43.4 Å². The van der Waals surface area contributed by atoms with E-state index in [2.05, 4.69) is 15.4 Å². The molecule has 0 aromatic carbocycles. The molecule has 1 atom stereocenters. The van der Waals surface area contributed by atoms with Gasteiger partial charge in [0.1, 0.15) is 0 Å². The molecule has 24 heavy (non-hydrogen) atoms. The largest absolute Gasteiger partial charge is 0.393 e. The topological polar surface area (TPSA) is 80.0 Å². The molecule has 1 amide bonds. The Hall–Kier alpha value is -2.21. The Labute approximate surface area is 141 Å². The van der Waals surface area contributed by atoms with Crippen molar-refractivity contribution in [3.05, 3.63) is 48.5 Å². The molecule has 0 unspecified atom stereocenters. The average Bonchev–Trinajstić information content (AvgIpc) is 3.06. The Balaban J connectivity index is 1.50. The van der Waals surface area contributed by atoms with E-state index in [1.807, 2.05) is 35.1 Å². The van der Waals surface area contributed by atoms with Crippen LogP contribution in [0.2, 0.25) is 0 Å². The van der Waals surface area contributed by atoms with E-state index in [1.165, 1.54) is 0 Å². The summed E-state index contributed by atoms with van der Waals surface area (Å²) in [5.74, 6) is 0.390. The van der Waals surface area contributed by atoms with E-state index in [0.717, 1.165) is 31.5 Å². The van der Waals surface area contributed by atoms with Crippen LogP contribution in [-0.2, 0) is 17.8 Å². The summed E-state index contributed by atoms with van der Waals surface area (Å²) in [6, 6.07) is 7.75. The summed E-state index contributed by atoms with van der Waals surface area (Å²) < 4.78 is 1.83. The average molecular weight is 328 g/mol. The second kappa shape index (κ2) is 8.06. The van der Waals surface area contributed by atoms with Crippen LogP contribution in [0.4, 0.5) is 0 Å². The van der Waals surface area contributed by atoms with Gasteiger partial charge in [-0.15, -0.1) is 0 Å². The fourth-order valence-corrected chi connectivity index (χ4v) is 3.15. The number of nitrogens with zero attached hydrogens (tertiary/aromatic N) is 3. The third kappa shape index (κ3) is 4.64. The van der Waals surface area contributed by atoms with Crippen molar-refractivity contribution in [1.29, 1.82) is 0 Å². The number of carbonyl (C=O) groups excluding carboxylic acids is 1. The molecule has 0 radical (unpaired) electrons. The van der Waals surface area contributed by atoms with Gasteiger partial charge >= 0.3 is 0 Å². The number of amides is 1. The maximum Gasteiger partial charge on any atom is 0.220 e. The van der Waals surface area contributed by atoms with Crippen molar-refractivity contribution in [3.8, 4) is 0 Å². The van der Waals surface area contributed by atoms with Gasteiger partial charge in [-0.25, -0.2) is 0 Å². The van der Waals surface area contributed by atoms with E-state index >= 15 is 0 Å². The van der Waals surface area contributed by atoms with Gasteiger partial charge in [0.15, 0.2) is 0 Å². The summed E-state index contributed by atoms with van der Waals surface area (Å²) in [6.07, 6.45) is 8.65. The van der Waals surface area contributed by atoms with E-state index in [4.69, 9.17) is 0 Å². The number of aromatic nitrogens is 3. The lowest BCUT2D eigenvalue weighted by Gasteiger charge is -2.38. The van der Waals surface area contributed by atoms with Gasteiger partial charge in [-0.1, -0.05) is 6.07 Å². The molecule has 128 valence electrons. The third-order valence-electron chi connectivity index (χ3n) is 4.57. The first-order valence-electron chi connectivity index (χ1n) is 8.55. The number of aliphatic hydroxyl groups excluding tert-OH is 1. The predicted molar refractivity (Wildman–Crippen MR) is 90.1 cm³/mol. The molecule has 1 fully saturated rings. The van der Waals surface area contributed by atoms with E-state index in [9.17, 15) is 9.90 Å². The summed E-state index contributed by atoms with van der Waals surface area (Å²) in [5.41, 5.74) is 0.973. The molecule has 2 aromatic rings. The van der Waals surface area contributed by atoms with Crippen molar-refractivity contribution in [3.63, 3.8) is 0 Å². The monoisotopic (exact) mass is 328 g/mol. The van der Waals surface area contributed by atoms with Gasteiger partial charge < -0.3 is 10.4 Å². The van der Waals surface area contributed by atoms with Crippen molar-refractivity contribution in [2.45, 2.75) is 50.8 Å². The maximum absolute atomic E-state index is 12.3. The van der Waals surface area contributed by atoms with Crippen LogP contribution in [0.15, 0.2) is 42.9 Å². The highest BCUT2D eigenvalue weighted by atomic mass is 16.3. The molecule has 1 saturated carbocycles. The van der Waals surface area contributed by atoms with Crippen LogP contribution in [0.3, 0.4) is 0 Å². The Morgan fingerprint density at radius 3 is 2.88 bits per heavy atom. The van der Waals surface area contributed by atoms with Crippen molar-refractivity contribution >= 4 is 5.91 Å². The van der Waals surface area contributed by atoms with Crippen molar-refractivity contribution in [2.75, 3.05) is 0 Å². The molecule has 0 saturated heterocycles. The lowest BCUT2D eigenvalue weighted by atomic mass is 9.76. The van der Waals surface area contributed by atoms with Gasteiger partial charge in [0.25, 0.3) is 0 Å². The second-order valence-electron chi connectivity index (χ2n) is 6.46. The number of aliphatic hydroxyl groups is 1. The molecule has 1 aliphatic carbocycles. The number of carbonyl (C=O) groups is 1. The van der Waals surface area contributed by atoms with Gasteiger partial charge in [-0.2, -0.15) is 5.10 Å². The molecular weight excluding hydrogens is 304 g/mol. The molecule has 3 rings (SSSR count). The van der Waals surface area contributed by atoms with Gasteiger partial charge in [-0.3, -0.25) is 14.5 Å². The summed E-state index contributed by atoms with van der Waals surface area (Å²) in [6.45, 7) is 0.744.